The minimum atomic E-state index is -0.922. The van der Waals surface area contributed by atoms with Crippen molar-refractivity contribution in [2.75, 3.05) is 0 Å². The summed E-state index contributed by atoms with van der Waals surface area (Å²) in [7, 11) is 0. The van der Waals surface area contributed by atoms with Gasteiger partial charge in [-0.05, 0) is 85.3 Å². The van der Waals surface area contributed by atoms with E-state index < -0.39 is 23.1 Å². The van der Waals surface area contributed by atoms with Crippen molar-refractivity contribution < 1.29 is 22.8 Å². The molecule has 6 rings (SSSR count). The highest BCUT2D eigenvalue weighted by Gasteiger charge is 2.44. The molecule has 0 fully saturated rings. The summed E-state index contributed by atoms with van der Waals surface area (Å²) in [5, 5.41) is 3.91. The minimum absolute atomic E-state index is 0.143. The first-order valence-electron chi connectivity index (χ1n) is 14.9. The number of amides is 2. The van der Waals surface area contributed by atoms with Gasteiger partial charge in [0.1, 0.15) is 5.82 Å². The molecule has 0 saturated carbocycles. The molecule has 2 atom stereocenters. The van der Waals surface area contributed by atoms with E-state index in [-0.39, 0.29) is 34.8 Å². The van der Waals surface area contributed by atoms with Gasteiger partial charge in [0, 0.05) is 29.1 Å². The molecule has 3 N–H and O–H groups in total. The van der Waals surface area contributed by atoms with Gasteiger partial charge >= 0.3 is 0 Å². The van der Waals surface area contributed by atoms with Gasteiger partial charge in [-0.25, -0.2) is 13.2 Å². The van der Waals surface area contributed by atoms with Crippen LogP contribution in [0, 0.1) is 23.4 Å². The van der Waals surface area contributed by atoms with Gasteiger partial charge in [-0.2, -0.15) is 0 Å². The number of rotatable bonds is 8. The summed E-state index contributed by atoms with van der Waals surface area (Å²) in [4.78, 5) is 31.8. The number of nitrogens with zero attached hydrogens (tertiary/aromatic N) is 2. The monoisotopic (exact) mass is 610 g/mol. The van der Waals surface area contributed by atoms with Crippen LogP contribution in [0.1, 0.15) is 77.0 Å². The Morgan fingerprint density at radius 1 is 0.956 bits per heavy atom. The van der Waals surface area contributed by atoms with Crippen LogP contribution in [-0.2, 0) is 18.4 Å². The molecule has 1 aliphatic heterocycles. The number of primary amides is 1. The highest BCUT2D eigenvalue weighted by Crippen LogP contribution is 2.42. The Balaban J connectivity index is 1.52. The smallest absolute Gasteiger partial charge is 0.254 e. The van der Waals surface area contributed by atoms with E-state index >= 15 is 0 Å². The summed E-state index contributed by atoms with van der Waals surface area (Å²) in [5.74, 6) is -3.08. The third kappa shape index (κ3) is 5.36. The normalized spacial score (nSPS) is 16.7. The number of carbonyl (C=O) groups excluding carboxylic acids is 2. The van der Waals surface area contributed by atoms with Crippen LogP contribution < -0.4 is 11.1 Å². The van der Waals surface area contributed by atoms with Crippen molar-refractivity contribution in [2.24, 2.45) is 11.7 Å². The number of aromatic nitrogens is 2. The molecular formula is C36H33F3N4O2. The van der Waals surface area contributed by atoms with Crippen LogP contribution in [0.25, 0.3) is 22.0 Å². The largest absolute Gasteiger partial charge is 0.366 e. The first-order valence-corrected chi connectivity index (χ1v) is 14.9. The number of carbonyl (C=O) groups is 2. The summed E-state index contributed by atoms with van der Waals surface area (Å²) in [6.07, 6.45) is 2.69. The van der Waals surface area contributed by atoms with Gasteiger partial charge in [0.2, 0.25) is 0 Å². The van der Waals surface area contributed by atoms with Crippen molar-refractivity contribution in [1.29, 1.82) is 0 Å². The van der Waals surface area contributed by atoms with Gasteiger partial charge in [0.25, 0.3) is 11.8 Å². The van der Waals surface area contributed by atoms with Crippen LogP contribution >= 0.6 is 0 Å². The number of halogens is 3. The summed E-state index contributed by atoms with van der Waals surface area (Å²) in [6, 6.07) is 17.2. The Morgan fingerprint density at radius 2 is 1.69 bits per heavy atom. The van der Waals surface area contributed by atoms with E-state index in [4.69, 9.17) is 10.7 Å². The van der Waals surface area contributed by atoms with E-state index in [1.807, 2.05) is 62.7 Å². The molecule has 0 spiro atoms. The van der Waals surface area contributed by atoms with Gasteiger partial charge in [-0.1, -0.05) is 38.1 Å². The molecule has 45 heavy (non-hydrogen) atoms. The van der Waals surface area contributed by atoms with Crippen molar-refractivity contribution >= 4 is 22.7 Å². The van der Waals surface area contributed by atoms with E-state index in [0.717, 1.165) is 22.5 Å². The minimum Gasteiger partial charge on any atom is -0.366 e. The zero-order chi connectivity index (χ0) is 32.2. The number of fused-ring (bicyclic) bond motifs is 2. The van der Waals surface area contributed by atoms with Gasteiger partial charge < -0.3 is 15.6 Å². The van der Waals surface area contributed by atoms with Crippen LogP contribution in [0.3, 0.4) is 0 Å². The lowest BCUT2D eigenvalue weighted by Crippen LogP contribution is -2.39. The SMILES string of the molecule is CC(C)Cc1nc2c(c(-c3ccc4c(ccn4[C@@H](C)c4ccc(F)c(F)c4)c3)c1C(N)=O)C(=O)N[C@@]2(C)Cc1ccc(F)cc1. The molecule has 0 radical (unpaired) electrons. The van der Waals surface area contributed by atoms with E-state index in [1.54, 1.807) is 18.2 Å². The van der Waals surface area contributed by atoms with Crippen LogP contribution in [0.2, 0.25) is 0 Å². The highest BCUT2D eigenvalue weighted by molar-refractivity contribution is 6.12. The molecule has 9 heteroatoms. The van der Waals surface area contributed by atoms with Crippen molar-refractivity contribution in [1.82, 2.24) is 14.9 Å². The molecule has 3 heterocycles. The molecule has 2 amide bonds. The molecule has 0 bridgehead atoms. The van der Waals surface area contributed by atoms with Crippen molar-refractivity contribution in [3.8, 4) is 11.1 Å². The average Bonchev–Trinajstić information content (AvgIpc) is 3.51. The third-order valence-corrected chi connectivity index (χ3v) is 8.58. The maximum Gasteiger partial charge on any atom is 0.254 e. The summed E-state index contributed by atoms with van der Waals surface area (Å²) >= 11 is 0. The highest BCUT2D eigenvalue weighted by atomic mass is 19.2. The molecule has 3 aromatic carbocycles. The molecule has 0 unspecified atom stereocenters. The zero-order valence-electron chi connectivity index (χ0n) is 25.4. The second-order valence-electron chi connectivity index (χ2n) is 12.4. The second kappa shape index (κ2) is 11.2. The Hall–Kier alpha value is -4.92. The number of nitrogens with two attached hydrogens (primary N) is 1. The summed E-state index contributed by atoms with van der Waals surface area (Å²) in [6.45, 7) is 7.81. The Kier molecular flexibility index (Phi) is 7.51. The number of nitrogens with one attached hydrogen (secondary N) is 1. The summed E-state index contributed by atoms with van der Waals surface area (Å²) in [5.41, 5.74) is 9.90. The molecule has 230 valence electrons. The predicted molar refractivity (Wildman–Crippen MR) is 167 cm³/mol. The third-order valence-electron chi connectivity index (χ3n) is 8.58. The lowest BCUT2D eigenvalue weighted by Gasteiger charge is -2.26. The Labute approximate surface area is 259 Å². The molecule has 2 aromatic heterocycles. The predicted octanol–water partition coefficient (Wildman–Crippen LogP) is 7.23. The van der Waals surface area contributed by atoms with Crippen molar-refractivity contribution in [3.05, 3.63) is 124 Å². The standard InChI is InChI=1S/C36H33F3N4O2/c1-19(2)15-28-31(34(40)44)30(32-33(41-28)36(4,42-35(32)45)18-21-5-9-25(37)10-6-21)24-8-12-29-23(16-24)13-14-43(29)20(3)22-7-11-26(38)27(39)17-22/h5-14,16-17,19-20H,15,18H2,1-4H3,(H2,40,44)(H,42,45)/t20-,36-/m0/s1. The topological polar surface area (TPSA) is 90.0 Å². The fourth-order valence-electron chi connectivity index (χ4n) is 6.44. The maximum absolute atomic E-state index is 14.0. The fraction of sp³-hybridized carbons (Fsp3) is 0.250. The van der Waals surface area contributed by atoms with E-state index in [0.29, 0.717) is 40.9 Å². The quantitative estimate of drug-likeness (QED) is 0.194. The molecular weight excluding hydrogens is 577 g/mol. The second-order valence-corrected chi connectivity index (χ2v) is 12.4. The Bertz CT molecular complexity index is 1980. The lowest BCUT2D eigenvalue weighted by atomic mass is 9.84. The van der Waals surface area contributed by atoms with Gasteiger partial charge in [0.15, 0.2) is 11.6 Å². The molecule has 5 aromatic rings. The van der Waals surface area contributed by atoms with E-state index in [9.17, 15) is 22.8 Å². The molecule has 0 saturated heterocycles. The van der Waals surface area contributed by atoms with E-state index in [2.05, 4.69) is 5.32 Å². The molecule has 1 aliphatic rings. The van der Waals surface area contributed by atoms with Crippen LogP contribution in [0.5, 0.6) is 0 Å². The van der Waals surface area contributed by atoms with Crippen molar-refractivity contribution in [3.63, 3.8) is 0 Å². The average molecular weight is 611 g/mol. The number of benzene rings is 3. The number of pyridine rings is 1. The first-order chi connectivity index (χ1) is 21.4. The lowest BCUT2D eigenvalue weighted by molar-refractivity contribution is 0.0935. The van der Waals surface area contributed by atoms with E-state index in [1.165, 1.54) is 18.2 Å². The summed E-state index contributed by atoms with van der Waals surface area (Å²) < 4.78 is 43.2. The number of hydrogen-bond acceptors (Lipinski definition) is 3. The Morgan fingerprint density at radius 3 is 2.36 bits per heavy atom. The molecule has 6 nitrogen and oxygen atoms in total. The van der Waals surface area contributed by atoms with Gasteiger partial charge in [0.05, 0.1) is 34.1 Å². The zero-order valence-corrected chi connectivity index (χ0v) is 25.4. The molecule has 0 aliphatic carbocycles. The van der Waals surface area contributed by atoms with Crippen LogP contribution in [0.15, 0.2) is 72.9 Å². The first kappa shape index (κ1) is 30.1. The van der Waals surface area contributed by atoms with Crippen LogP contribution in [0.4, 0.5) is 13.2 Å². The maximum atomic E-state index is 14.0. The van der Waals surface area contributed by atoms with Gasteiger partial charge in [-0.15, -0.1) is 0 Å². The van der Waals surface area contributed by atoms with Gasteiger partial charge in [-0.3, -0.25) is 14.6 Å². The fourth-order valence-corrected chi connectivity index (χ4v) is 6.44. The van der Waals surface area contributed by atoms with Crippen LogP contribution in [-0.4, -0.2) is 21.4 Å². The number of hydrogen-bond donors (Lipinski definition) is 2. The van der Waals surface area contributed by atoms with Crippen molar-refractivity contribution in [2.45, 2.75) is 52.1 Å².